The summed E-state index contributed by atoms with van der Waals surface area (Å²) in [6.45, 7) is 4.22. The van der Waals surface area contributed by atoms with Crippen molar-refractivity contribution >= 4 is 17.4 Å². The van der Waals surface area contributed by atoms with Gasteiger partial charge in [0.25, 0.3) is 0 Å². The van der Waals surface area contributed by atoms with Crippen molar-refractivity contribution in [2.75, 3.05) is 27.8 Å². The van der Waals surface area contributed by atoms with E-state index >= 15 is 0 Å². The van der Waals surface area contributed by atoms with Crippen LogP contribution in [0.2, 0.25) is 5.02 Å². The van der Waals surface area contributed by atoms with Gasteiger partial charge in [-0.15, -0.1) is 0 Å². The zero-order valence-corrected chi connectivity index (χ0v) is 12.7. The number of likely N-dealkylation sites (N-methyl/N-ethyl adjacent to an activating group) is 1. The van der Waals surface area contributed by atoms with Crippen molar-refractivity contribution in [1.29, 1.82) is 0 Å². The van der Waals surface area contributed by atoms with Gasteiger partial charge in [-0.25, -0.2) is 0 Å². The average Bonchev–Trinajstić information content (AvgIpc) is 2.37. The van der Waals surface area contributed by atoms with Crippen molar-refractivity contribution in [3.63, 3.8) is 0 Å². The highest BCUT2D eigenvalue weighted by Crippen LogP contribution is 2.41. The third-order valence-corrected chi connectivity index (χ3v) is 3.28. The molecule has 0 fully saturated rings. The van der Waals surface area contributed by atoms with Crippen LogP contribution >= 0.6 is 11.6 Å². The van der Waals surface area contributed by atoms with E-state index < -0.39 is 0 Å². The van der Waals surface area contributed by atoms with Crippen LogP contribution in [0.25, 0.3) is 0 Å². The van der Waals surface area contributed by atoms with Crippen LogP contribution in [0.1, 0.15) is 35.7 Å². The van der Waals surface area contributed by atoms with Crippen LogP contribution in [-0.4, -0.2) is 33.6 Å². The Kier molecular flexibility index (Phi) is 5.63. The first kappa shape index (κ1) is 15.8. The van der Waals surface area contributed by atoms with Crippen molar-refractivity contribution in [2.24, 2.45) is 0 Å². The minimum atomic E-state index is -0.120. The van der Waals surface area contributed by atoms with Gasteiger partial charge >= 0.3 is 0 Å². The van der Waals surface area contributed by atoms with E-state index in [1.165, 1.54) is 7.11 Å². The molecular formula is C14H20ClNO3. The van der Waals surface area contributed by atoms with Crippen LogP contribution in [0.4, 0.5) is 0 Å². The Morgan fingerprint density at radius 3 is 2.42 bits per heavy atom. The minimum absolute atomic E-state index is 0.120. The maximum Gasteiger partial charge on any atom is 0.181 e. The molecule has 0 aliphatic heterocycles. The predicted octanol–water partition coefficient (Wildman–Crippen LogP) is 2.88. The SMILES string of the molecule is CNCC(=O)c1c(Cl)c(C(C)C)cc(OC)c1OC. The maximum absolute atomic E-state index is 12.2. The molecule has 0 heterocycles. The molecule has 1 rings (SSSR count). The van der Waals surface area contributed by atoms with Crippen molar-refractivity contribution in [2.45, 2.75) is 19.8 Å². The van der Waals surface area contributed by atoms with Gasteiger partial charge in [-0.1, -0.05) is 25.4 Å². The monoisotopic (exact) mass is 285 g/mol. The maximum atomic E-state index is 12.2. The molecule has 0 spiro atoms. The molecule has 0 bridgehead atoms. The van der Waals surface area contributed by atoms with Gasteiger partial charge < -0.3 is 14.8 Å². The summed E-state index contributed by atoms with van der Waals surface area (Å²) >= 11 is 6.36. The lowest BCUT2D eigenvalue weighted by atomic mass is 9.97. The fourth-order valence-corrected chi connectivity index (χ4v) is 2.37. The van der Waals surface area contributed by atoms with E-state index in [1.807, 2.05) is 19.9 Å². The molecule has 4 nitrogen and oxygen atoms in total. The van der Waals surface area contributed by atoms with Crippen LogP contribution in [0, 0.1) is 0 Å². The molecule has 5 heteroatoms. The Labute approximate surface area is 119 Å². The lowest BCUT2D eigenvalue weighted by Crippen LogP contribution is -2.20. The topological polar surface area (TPSA) is 47.6 Å². The molecule has 0 unspecified atom stereocenters. The number of hydrogen-bond donors (Lipinski definition) is 1. The number of ketones is 1. The van der Waals surface area contributed by atoms with Crippen molar-refractivity contribution in [3.8, 4) is 11.5 Å². The lowest BCUT2D eigenvalue weighted by molar-refractivity contribution is 0.0990. The molecule has 106 valence electrons. The molecule has 1 N–H and O–H groups in total. The number of benzene rings is 1. The van der Waals surface area contributed by atoms with Crippen molar-refractivity contribution < 1.29 is 14.3 Å². The van der Waals surface area contributed by atoms with Crippen LogP contribution in [0.15, 0.2) is 6.07 Å². The second-order valence-electron chi connectivity index (χ2n) is 4.50. The predicted molar refractivity (Wildman–Crippen MR) is 76.9 cm³/mol. The number of methoxy groups -OCH3 is 2. The number of nitrogens with one attached hydrogen (secondary N) is 1. The molecule has 0 atom stereocenters. The van der Waals surface area contributed by atoms with Gasteiger partial charge in [-0.2, -0.15) is 0 Å². The van der Waals surface area contributed by atoms with Crippen LogP contribution in [0.3, 0.4) is 0 Å². The molecule has 0 aromatic heterocycles. The summed E-state index contributed by atoms with van der Waals surface area (Å²) in [6, 6.07) is 1.82. The van der Waals surface area contributed by atoms with Gasteiger partial charge in [-0.05, 0) is 24.6 Å². The van der Waals surface area contributed by atoms with Gasteiger partial charge in [0, 0.05) is 0 Å². The molecule has 0 aliphatic carbocycles. The van der Waals surface area contributed by atoms with Crippen molar-refractivity contribution in [1.82, 2.24) is 5.32 Å². The Morgan fingerprint density at radius 2 is 2.00 bits per heavy atom. The van der Waals surface area contributed by atoms with E-state index in [4.69, 9.17) is 21.1 Å². The fourth-order valence-electron chi connectivity index (χ4n) is 1.91. The van der Waals surface area contributed by atoms with E-state index in [1.54, 1.807) is 14.2 Å². The largest absolute Gasteiger partial charge is 0.493 e. The number of ether oxygens (including phenoxy) is 2. The second-order valence-corrected chi connectivity index (χ2v) is 4.88. The molecular weight excluding hydrogens is 266 g/mol. The quantitative estimate of drug-likeness (QED) is 0.817. The number of Topliss-reactive ketones (excluding diaryl/α,β-unsaturated/α-hetero) is 1. The number of hydrogen-bond acceptors (Lipinski definition) is 4. The van der Waals surface area contributed by atoms with Crippen LogP contribution < -0.4 is 14.8 Å². The molecule has 1 aromatic carbocycles. The zero-order valence-electron chi connectivity index (χ0n) is 12.0. The number of rotatable bonds is 6. The highest BCUT2D eigenvalue weighted by atomic mass is 35.5. The van der Waals surface area contributed by atoms with E-state index in [-0.39, 0.29) is 18.2 Å². The molecule has 19 heavy (non-hydrogen) atoms. The second kappa shape index (κ2) is 6.78. The van der Waals surface area contributed by atoms with E-state index in [9.17, 15) is 4.79 Å². The highest BCUT2D eigenvalue weighted by Gasteiger charge is 2.24. The van der Waals surface area contributed by atoms with Gasteiger partial charge in [0.2, 0.25) is 0 Å². The molecule has 0 saturated heterocycles. The van der Waals surface area contributed by atoms with Gasteiger partial charge in [0.1, 0.15) is 0 Å². The Morgan fingerprint density at radius 1 is 1.37 bits per heavy atom. The summed E-state index contributed by atoms with van der Waals surface area (Å²) in [5, 5.41) is 3.26. The summed E-state index contributed by atoms with van der Waals surface area (Å²) in [7, 11) is 4.75. The molecule has 1 aromatic rings. The first-order chi connectivity index (χ1) is 8.97. The highest BCUT2D eigenvalue weighted by molar-refractivity contribution is 6.35. The molecule has 0 saturated carbocycles. The Bertz CT molecular complexity index is 472. The number of carbonyl (C=O) groups excluding carboxylic acids is 1. The Balaban J connectivity index is 3.54. The minimum Gasteiger partial charge on any atom is -0.493 e. The van der Waals surface area contributed by atoms with E-state index in [0.29, 0.717) is 22.1 Å². The van der Waals surface area contributed by atoms with Crippen molar-refractivity contribution in [3.05, 3.63) is 22.2 Å². The first-order valence-electron chi connectivity index (χ1n) is 6.10. The first-order valence-corrected chi connectivity index (χ1v) is 6.47. The molecule has 0 aliphatic rings. The number of carbonyl (C=O) groups is 1. The number of halogens is 1. The molecule has 0 amide bonds. The average molecular weight is 286 g/mol. The van der Waals surface area contributed by atoms with Gasteiger partial charge in [0.15, 0.2) is 17.3 Å². The summed E-state index contributed by atoms with van der Waals surface area (Å²) in [6.07, 6.45) is 0. The zero-order chi connectivity index (χ0) is 14.6. The smallest absolute Gasteiger partial charge is 0.181 e. The standard InChI is InChI=1S/C14H20ClNO3/c1-8(2)9-6-11(18-4)14(19-5)12(13(9)15)10(17)7-16-3/h6,8,16H,7H2,1-5H3. The summed E-state index contributed by atoms with van der Waals surface area (Å²) in [4.78, 5) is 12.2. The summed E-state index contributed by atoms with van der Waals surface area (Å²) < 4.78 is 10.6. The Hall–Kier alpha value is -1.26. The fraction of sp³-hybridized carbons (Fsp3) is 0.500. The normalized spacial score (nSPS) is 10.7. The lowest BCUT2D eigenvalue weighted by Gasteiger charge is -2.18. The van der Waals surface area contributed by atoms with Gasteiger partial charge in [-0.3, -0.25) is 4.79 Å². The molecule has 0 radical (unpaired) electrons. The summed E-state index contributed by atoms with van der Waals surface area (Å²) in [5.41, 5.74) is 1.25. The summed E-state index contributed by atoms with van der Waals surface area (Å²) in [5.74, 6) is 0.978. The van der Waals surface area contributed by atoms with E-state index in [2.05, 4.69) is 5.32 Å². The van der Waals surface area contributed by atoms with Gasteiger partial charge in [0.05, 0.1) is 31.4 Å². The van der Waals surface area contributed by atoms with E-state index in [0.717, 1.165) is 5.56 Å². The van der Waals surface area contributed by atoms with Crippen LogP contribution in [-0.2, 0) is 0 Å². The third-order valence-electron chi connectivity index (χ3n) is 2.87. The third kappa shape index (κ3) is 3.19. The van der Waals surface area contributed by atoms with Crippen LogP contribution in [0.5, 0.6) is 11.5 Å².